The summed E-state index contributed by atoms with van der Waals surface area (Å²) in [6, 6.07) is 0.821. The summed E-state index contributed by atoms with van der Waals surface area (Å²) in [4.78, 5) is 11.1. The second-order valence-corrected chi connectivity index (χ2v) is 5.76. The first-order chi connectivity index (χ1) is 9.85. The van der Waals surface area contributed by atoms with E-state index in [1.807, 2.05) is 13.1 Å². The van der Waals surface area contributed by atoms with E-state index in [1.165, 1.54) is 32.2 Å². The normalized spacial score (nSPS) is 20.1. The highest BCUT2D eigenvalue weighted by atomic mass is 16.5. The molecule has 20 heavy (non-hydrogen) atoms. The van der Waals surface area contributed by atoms with Gasteiger partial charge in [0.05, 0.1) is 19.0 Å². The highest BCUT2D eigenvalue weighted by molar-refractivity contribution is 5.38. The Balaban J connectivity index is 1.50. The predicted molar refractivity (Wildman–Crippen MR) is 79.2 cm³/mol. The Morgan fingerprint density at radius 3 is 2.75 bits per heavy atom. The summed E-state index contributed by atoms with van der Waals surface area (Å²) in [6.07, 6.45) is 8.74. The Morgan fingerprint density at radius 2 is 2.05 bits per heavy atom. The summed E-state index contributed by atoms with van der Waals surface area (Å²) in [5, 5.41) is 3.64. The van der Waals surface area contributed by atoms with Crippen molar-refractivity contribution in [1.29, 1.82) is 0 Å². The first kappa shape index (κ1) is 13.6. The summed E-state index contributed by atoms with van der Waals surface area (Å²) in [6.45, 7) is 5.92. The number of hydrogen-bond donors (Lipinski definition) is 1. The molecular weight excluding hydrogens is 252 g/mol. The van der Waals surface area contributed by atoms with Gasteiger partial charge in [-0.15, -0.1) is 0 Å². The van der Waals surface area contributed by atoms with Gasteiger partial charge in [0.15, 0.2) is 5.82 Å². The van der Waals surface area contributed by atoms with Gasteiger partial charge in [-0.25, -0.2) is 0 Å². The van der Waals surface area contributed by atoms with Gasteiger partial charge in [0.2, 0.25) is 5.88 Å². The predicted octanol–water partition coefficient (Wildman–Crippen LogP) is 1.84. The first-order valence-electron chi connectivity index (χ1n) is 7.78. The number of hydrogen-bond acceptors (Lipinski definition) is 5. The molecule has 2 fully saturated rings. The van der Waals surface area contributed by atoms with Crippen molar-refractivity contribution in [3.05, 3.63) is 12.4 Å². The molecule has 1 saturated heterocycles. The minimum Gasteiger partial charge on any atom is -0.477 e. The lowest BCUT2D eigenvalue weighted by Crippen LogP contribution is -2.38. The molecule has 1 N–H and O–H groups in total. The summed E-state index contributed by atoms with van der Waals surface area (Å²) < 4.78 is 5.42. The smallest absolute Gasteiger partial charge is 0.234 e. The lowest BCUT2D eigenvalue weighted by Gasteiger charge is -2.32. The maximum Gasteiger partial charge on any atom is 0.234 e. The monoisotopic (exact) mass is 276 g/mol. The van der Waals surface area contributed by atoms with Crippen molar-refractivity contribution in [1.82, 2.24) is 15.3 Å². The van der Waals surface area contributed by atoms with E-state index in [9.17, 15) is 0 Å². The molecule has 0 radical (unpaired) electrons. The zero-order valence-corrected chi connectivity index (χ0v) is 12.2. The van der Waals surface area contributed by atoms with Crippen LogP contribution in [0, 0.1) is 5.92 Å². The number of anilines is 1. The van der Waals surface area contributed by atoms with Crippen LogP contribution in [0.5, 0.6) is 5.88 Å². The standard InChI is InChI=1S/C15H24N4O/c1-2-20-15-11-16-10-14(18-15)19-7-5-12(6-8-19)9-17-13-3-4-13/h10-13,17H,2-9H2,1H3. The third-order valence-electron chi connectivity index (χ3n) is 4.10. The van der Waals surface area contributed by atoms with E-state index in [-0.39, 0.29) is 0 Å². The van der Waals surface area contributed by atoms with Gasteiger partial charge in [-0.3, -0.25) is 4.98 Å². The number of rotatable bonds is 6. The topological polar surface area (TPSA) is 50.3 Å². The molecule has 2 heterocycles. The average molecular weight is 276 g/mol. The zero-order valence-electron chi connectivity index (χ0n) is 12.2. The minimum absolute atomic E-state index is 0.627. The molecule has 0 bridgehead atoms. The summed E-state index contributed by atoms with van der Waals surface area (Å²) in [7, 11) is 0. The molecule has 0 spiro atoms. The molecule has 0 unspecified atom stereocenters. The van der Waals surface area contributed by atoms with Gasteiger partial charge < -0.3 is 15.0 Å². The molecule has 1 aromatic rings. The van der Waals surface area contributed by atoms with Crippen LogP contribution in [-0.4, -0.2) is 42.3 Å². The third kappa shape index (κ3) is 3.60. The molecular formula is C15H24N4O. The second-order valence-electron chi connectivity index (χ2n) is 5.76. The third-order valence-corrected chi connectivity index (χ3v) is 4.10. The molecule has 1 saturated carbocycles. The Kier molecular flexibility index (Phi) is 4.35. The largest absolute Gasteiger partial charge is 0.477 e. The lowest BCUT2D eigenvalue weighted by molar-refractivity contribution is 0.324. The molecule has 1 aromatic heterocycles. The van der Waals surface area contributed by atoms with Crippen LogP contribution in [-0.2, 0) is 0 Å². The van der Waals surface area contributed by atoms with Crippen molar-refractivity contribution in [2.75, 3.05) is 31.1 Å². The number of ether oxygens (including phenoxy) is 1. The Bertz CT molecular complexity index is 428. The maximum atomic E-state index is 5.42. The van der Waals surface area contributed by atoms with Crippen molar-refractivity contribution in [3.8, 4) is 5.88 Å². The first-order valence-corrected chi connectivity index (χ1v) is 7.78. The van der Waals surface area contributed by atoms with E-state index in [4.69, 9.17) is 4.74 Å². The maximum absolute atomic E-state index is 5.42. The number of nitrogens with one attached hydrogen (secondary N) is 1. The van der Waals surface area contributed by atoms with Crippen LogP contribution >= 0.6 is 0 Å². The molecule has 110 valence electrons. The quantitative estimate of drug-likeness (QED) is 0.859. The van der Waals surface area contributed by atoms with Crippen molar-refractivity contribution < 1.29 is 4.74 Å². The van der Waals surface area contributed by atoms with E-state index in [2.05, 4.69) is 20.2 Å². The van der Waals surface area contributed by atoms with Crippen LogP contribution in [0.15, 0.2) is 12.4 Å². The Morgan fingerprint density at radius 1 is 1.25 bits per heavy atom. The molecule has 5 nitrogen and oxygen atoms in total. The van der Waals surface area contributed by atoms with E-state index in [0.29, 0.717) is 12.5 Å². The van der Waals surface area contributed by atoms with Crippen molar-refractivity contribution in [3.63, 3.8) is 0 Å². The van der Waals surface area contributed by atoms with Crippen LogP contribution in [0.25, 0.3) is 0 Å². The molecule has 0 aromatic carbocycles. The molecule has 2 aliphatic rings. The molecule has 0 atom stereocenters. The lowest BCUT2D eigenvalue weighted by atomic mass is 9.97. The van der Waals surface area contributed by atoms with Gasteiger partial charge in [0, 0.05) is 19.1 Å². The zero-order chi connectivity index (χ0) is 13.8. The van der Waals surface area contributed by atoms with Crippen molar-refractivity contribution in [2.24, 2.45) is 5.92 Å². The van der Waals surface area contributed by atoms with Gasteiger partial charge in [0.25, 0.3) is 0 Å². The summed E-state index contributed by atoms with van der Waals surface area (Å²) in [5.41, 5.74) is 0. The van der Waals surface area contributed by atoms with E-state index < -0.39 is 0 Å². The van der Waals surface area contributed by atoms with Gasteiger partial charge in [-0.05, 0) is 45.1 Å². The summed E-state index contributed by atoms with van der Waals surface area (Å²) >= 11 is 0. The van der Waals surface area contributed by atoms with Gasteiger partial charge >= 0.3 is 0 Å². The SMILES string of the molecule is CCOc1cncc(N2CCC(CNC3CC3)CC2)n1. The second kappa shape index (κ2) is 6.39. The van der Waals surface area contributed by atoms with Gasteiger partial charge in [0.1, 0.15) is 0 Å². The minimum atomic E-state index is 0.627. The van der Waals surface area contributed by atoms with Crippen LogP contribution in [0.3, 0.4) is 0 Å². The molecule has 1 aliphatic heterocycles. The van der Waals surface area contributed by atoms with Crippen LogP contribution in [0.2, 0.25) is 0 Å². The molecule has 3 rings (SSSR count). The highest BCUT2D eigenvalue weighted by Gasteiger charge is 2.24. The fourth-order valence-electron chi connectivity index (χ4n) is 2.70. The van der Waals surface area contributed by atoms with E-state index in [1.54, 1.807) is 6.20 Å². The van der Waals surface area contributed by atoms with Crippen molar-refractivity contribution >= 4 is 5.82 Å². The fourth-order valence-corrected chi connectivity index (χ4v) is 2.70. The van der Waals surface area contributed by atoms with E-state index in [0.717, 1.165) is 30.9 Å². The number of nitrogens with zero attached hydrogens (tertiary/aromatic N) is 3. The Hall–Kier alpha value is -1.36. The van der Waals surface area contributed by atoms with Gasteiger partial charge in [-0.1, -0.05) is 0 Å². The average Bonchev–Trinajstić information content (AvgIpc) is 3.31. The van der Waals surface area contributed by atoms with Crippen molar-refractivity contribution in [2.45, 2.75) is 38.6 Å². The van der Waals surface area contributed by atoms with Gasteiger partial charge in [-0.2, -0.15) is 4.98 Å². The number of piperidine rings is 1. The Labute approximate surface area is 120 Å². The molecule has 1 aliphatic carbocycles. The molecule has 5 heteroatoms. The highest BCUT2D eigenvalue weighted by Crippen LogP contribution is 2.24. The number of aromatic nitrogens is 2. The van der Waals surface area contributed by atoms with Crippen LogP contribution < -0.4 is 15.0 Å². The fraction of sp³-hybridized carbons (Fsp3) is 0.733. The molecule has 0 amide bonds. The van der Waals surface area contributed by atoms with Crippen LogP contribution in [0.4, 0.5) is 5.82 Å². The van der Waals surface area contributed by atoms with E-state index >= 15 is 0 Å². The van der Waals surface area contributed by atoms with Crippen LogP contribution in [0.1, 0.15) is 32.6 Å². The summed E-state index contributed by atoms with van der Waals surface area (Å²) in [5.74, 6) is 2.39.